The molecule has 0 saturated carbocycles. The van der Waals surface area contributed by atoms with Gasteiger partial charge >= 0.3 is 0 Å². The van der Waals surface area contributed by atoms with E-state index >= 15 is 0 Å². The summed E-state index contributed by atoms with van der Waals surface area (Å²) in [6.07, 6.45) is -3.44. The van der Waals surface area contributed by atoms with Crippen molar-refractivity contribution in [2.75, 3.05) is 18.1 Å². The number of aliphatic hydroxyl groups excluding tert-OH is 3. The van der Waals surface area contributed by atoms with Gasteiger partial charge in [0.1, 0.15) is 46.9 Å². The van der Waals surface area contributed by atoms with Gasteiger partial charge in [0.15, 0.2) is 6.23 Å². The Kier molecular flexibility index (Phi) is 3.82. The standard InChI is InChI=1S/C12H16N6O4S/c13-8-4-5(10(15)23)9(14)18(11(4)17-2-16-8)12-7(21)6(20)3(1-19)22-12/h2-3,6-7,12,19-21H,1,14H2,(H2,15,23)(H2,13,16,17)/t3-,6-,7-,12?/m1/s1. The number of aromatic nitrogens is 3. The molecule has 23 heavy (non-hydrogen) atoms. The Balaban J connectivity index is 2.25. The monoisotopic (exact) mass is 340 g/mol. The van der Waals surface area contributed by atoms with Gasteiger partial charge in [0.2, 0.25) is 0 Å². The van der Waals surface area contributed by atoms with Crippen molar-refractivity contribution in [2.45, 2.75) is 24.5 Å². The Labute approximate surface area is 135 Å². The van der Waals surface area contributed by atoms with Crippen LogP contribution in [0.2, 0.25) is 0 Å². The molecule has 1 fully saturated rings. The minimum absolute atomic E-state index is 0.0144. The second-order valence-electron chi connectivity index (χ2n) is 5.18. The topological polar surface area (TPSA) is 179 Å². The molecule has 0 amide bonds. The number of nitrogens with zero attached hydrogens (tertiary/aromatic N) is 3. The Morgan fingerprint density at radius 2 is 2.00 bits per heavy atom. The third-order valence-electron chi connectivity index (χ3n) is 3.87. The van der Waals surface area contributed by atoms with E-state index in [4.69, 9.17) is 34.2 Å². The molecule has 124 valence electrons. The lowest BCUT2D eigenvalue weighted by molar-refractivity contribution is -0.0498. The molecule has 9 N–H and O–H groups in total. The molecule has 11 heteroatoms. The molecule has 3 rings (SSSR count). The quantitative estimate of drug-likeness (QED) is 0.337. The van der Waals surface area contributed by atoms with E-state index in [2.05, 4.69) is 9.97 Å². The van der Waals surface area contributed by atoms with Crippen LogP contribution in [0.5, 0.6) is 0 Å². The number of hydrogen-bond acceptors (Lipinski definition) is 9. The first kappa shape index (κ1) is 15.8. The average molecular weight is 340 g/mol. The van der Waals surface area contributed by atoms with Crippen LogP contribution < -0.4 is 17.2 Å². The second-order valence-corrected chi connectivity index (χ2v) is 5.62. The van der Waals surface area contributed by atoms with Gasteiger partial charge in [0, 0.05) is 0 Å². The number of hydrogen-bond donors (Lipinski definition) is 6. The normalized spacial score (nSPS) is 27.6. The van der Waals surface area contributed by atoms with E-state index in [1.807, 2.05) is 0 Å². The fourth-order valence-corrected chi connectivity index (χ4v) is 2.98. The smallest absolute Gasteiger partial charge is 0.166 e. The summed E-state index contributed by atoms with van der Waals surface area (Å²) in [4.78, 5) is 7.97. The fourth-order valence-electron chi connectivity index (χ4n) is 2.77. The van der Waals surface area contributed by atoms with Crippen LogP contribution in [0.4, 0.5) is 11.6 Å². The average Bonchev–Trinajstić information content (AvgIpc) is 2.95. The number of fused-ring (bicyclic) bond motifs is 1. The minimum atomic E-state index is -1.33. The van der Waals surface area contributed by atoms with Crippen LogP contribution in [-0.4, -0.2) is 59.8 Å². The molecule has 0 radical (unpaired) electrons. The summed E-state index contributed by atoms with van der Waals surface area (Å²) in [6, 6.07) is 0. The molecular weight excluding hydrogens is 324 g/mol. The summed E-state index contributed by atoms with van der Waals surface area (Å²) < 4.78 is 6.83. The van der Waals surface area contributed by atoms with Gasteiger partial charge < -0.3 is 37.3 Å². The highest BCUT2D eigenvalue weighted by Crippen LogP contribution is 2.38. The van der Waals surface area contributed by atoms with Crippen molar-refractivity contribution in [3.8, 4) is 0 Å². The number of rotatable bonds is 3. The second kappa shape index (κ2) is 5.54. The van der Waals surface area contributed by atoms with Gasteiger partial charge in [-0.2, -0.15) is 0 Å². The lowest BCUT2D eigenvalue weighted by atomic mass is 10.1. The number of anilines is 2. The summed E-state index contributed by atoms with van der Waals surface area (Å²) in [5.41, 5.74) is 18.2. The lowest BCUT2D eigenvalue weighted by Crippen LogP contribution is -2.33. The molecule has 2 aromatic rings. The number of nitrogens with two attached hydrogens (primary N) is 3. The van der Waals surface area contributed by atoms with Crippen molar-refractivity contribution < 1.29 is 20.1 Å². The molecule has 3 heterocycles. The van der Waals surface area contributed by atoms with Gasteiger partial charge in [-0.25, -0.2) is 9.97 Å². The van der Waals surface area contributed by atoms with E-state index < -0.39 is 31.1 Å². The maximum Gasteiger partial charge on any atom is 0.166 e. The van der Waals surface area contributed by atoms with Crippen LogP contribution in [0.25, 0.3) is 11.0 Å². The first-order valence-corrected chi connectivity index (χ1v) is 7.11. The zero-order chi connectivity index (χ0) is 16.9. The minimum Gasteiger partial charge on any atom is -0.394 e. The first-order chi connectivity index (χ1) is 10.9. The van der Waals surface area contributed by atoms with Crippen molar-refractivity contribution >= 4 is 39.9 Å². The molecule has 0 aliphatic carbocycles. The number of ether oxygens (including phenoxy) is 1. The molecule has 10 nitrogen and oxygen atoms in total. The highest BCUT2D eigenvalue weighted by Gasteiger charge is 2.45. The molecule has 1 saturated heterocycles. The molecule has 4 atom stereocenters. The van der Waals surface area contributed by atoms with Gasteiger partial charge in [-0.3, -0.25) is 4.57 Å². The summed E-state index contributed by atoms with van der Waals surface area (Å²) >= 11 is 5.00. The Hall–Kier alpha value is -2.05. The van der Waals surface area contributed by atoms with E-state index in [0.717, 1.165) is 0 Å². The van der Waals surface area contributed by atoms with Gasteiger partial charge in [0.05, 0.1) is 17.6 Å². The molecular formula is C12H16N6O4S. The van der Waals surface area contributed by atoms with Crippen molar-refractivity contribution in [1.29, 1.82) is 0 Å². The largest absolute Gasteiger partial charge is 0.394 e. The molecule has 0 aromatic carbocycles. The highest BCUT2D eigenvalue weighted by atomic mass is 32.1. The molecule has 1 aliphatic rings. The Morgan fingerprint density at radius 1 is 1.30 bits per heavy atom. The summed E-state index contributed by atoms with van der Waals surface area (Å²) in [7, 11) is 0. The molecule has 2 aromatic heterocycles. The van der Waals surface area contributed by atoms with Crippen molar-refractivity contribution in [1.82, 2.24) is 14.5 Å². The van der Waals surface area contributed by atoms with Crippen LogP contribution in [0.15, 0.2) is 6.33 Å². The maximum atomic E-state index is 10.2. The third-order valence-corrected chi connectivity index (χ3v) is 4.07. The molecule has 1 aliphatic heterocycles. The van der Waals surface area contributed by atoms with E-state index in [1.165, 1.54) is 10.9 Å². The van der Waals surface area contributed by atoms with E-state index in [-0.39, 0.29) is 27.8 Å². The van der Waals surface area contributed by atoms with Gasteiger partial charge in [-0.15, -0.1) is 0 Å². The third kappa shape index (κ3) is 2.21. The maximum absolute atomic E-state index is 10.2. The van der Waals surface area contributed by atoms with Gasteiger partial charge in [0.25, 0.3) is 0 Å². The summed E-state index contributed by atoms with van der Waals surface area (Å²) in [6.45, 7) is -0.465. The predicted octanol–water partition coefficient (Wildman–Crippen LogP) is -2.16. The lowest BCUT2D eigenvalue weighted by Gasteiger charge is -2.19. The SMILES string of the molecule is NC(=S)c1c(N)n(C2O[C@H](CO)[C@@H](O)[C@H]2O)c2ncnc(N)c12. The van der Waals surface area contributed by atoms with E-state index in [1.54, 1.807) is 0 Å². The number of aliphatic hydroxyl groups is 3. The van der Waals surface area contributed by atoms with Gasteiger partial charge in [-0.05, 0) is 0 Å². The number of nitrogen functional groups attached to an aromatic ring is 2. The van der Waals surface area contributed by atoms with Crippen molar-refractivity contribution in [3.63, 3.8) is 0 Å². The van der Waals surface area contributed by atoms with Crippen LogP contribution in [0.1, 0.15) is 11.8 Å². The summed E-state index contributed by atoms with van der Waals surface area (Å²) in [5.74, 6) is 0.199. The van der Waals surface area contributed by atoms with Crippen LogP contribution >= 0.6 is 12.2 Å². The summed E-state index contributed by atoms with van der Waals surface area (Å²) in [5, 5.41) is 29.7. The first-order valence-electron chi connectivity index (χ1n) is 6.70. The van der Waals surface area contributed by atoms with Crippen LogP contribution in [0.3, 0.4) is 0 Å². The Morgan fingerprint density at radius 3 is 2.57 bits per heavy atom. The van der Waals surface area contributed by atoms with E-state index in [9.17, 15) is 15.3 Å². The van der Waals surface area contributed by atoms with Crippen LogP contribution in [0, 0.1) is 0 Å². The highest BCUT2D eigenvalue weighted by molar-refractivity contribution is 7.80. The zero-order valence-corrected chi connectivity index (χ0v) is 12.6. The van der Waals surface area contributed by atoms with Crippen LogP contribution in [-0.2, 0) is 4.74 Å². The molecule has 0 bridgehead atoms. The number of thiocarbonyl (C=S) groups is 1. The Bertz CT molecular complexity index is 780. The van der Waals surface area contributed by atoms with Gasteiger partial charge in [-0.1, -0.05) is 12.2 Å². The molecule has 1 unspecified atom stereocenters. The van der Waals surface area contributed by atoms with Crippen molar-refractivity contribution in [2.24, 2.45) is 5.73 Å². The van der Waals surface area contributed by atoms with E-state index in [0.29, 0.717) is 5.39 Å². The zero-order valence-electron chi connectivity index (χ0n) is 11.8. The molecule has 0 spiro atoms. The predicted molar refractivity (Wildman–Crippen MR) is 85.2 cm³/mol. The fraction of sp³-hybridized carbons (Fsp3) is 0.417. The van der Waals surface area contributed by atoms with Crippen molar-refractivity contribution in [3.05, 3.63) is 11.9 Å².